The Balaban J connectivity index is 1.55. The van der Waals surface area contributed by atoms with E-state index in [-0.39, 0.29) is 17.8 Å². The summed E-state index contributed by atoms with van der Waals surface area (Å²) in [4.78, 5) is 39.7. The first-order chi connectivity index (χ1) is 16.2. The molecule has 3 fully saturated rings. The third-order valence-electron chi connectivity index (χ3n) is 10.5. The van der Waals surface area contributed by atoms with E-state index in [1.54, 1.807) is 32.9 Å². The Morgan fingerprint density at radius 2 is 1.80 bits per heavy atom. The van der Waals surface area contributed by atoms with Crippen LogP contribution in [-0.2, 0) is 28.6 Å². The van der Waals surface area contributed by atoms with Crippen LogP contribution >= 0.6 is 0 Å². The summed E-state index contributed by atoms with van der Waals surface area (Å²) in [6, 6.07) is 0. The van der Waals surface area contributed by atoms with Crippen molar-refractivity contribution in [3.63, 3.8) is 0 Å². The van der Waals surface area contributed by atoms with Crippen LogP contribution in [0.15, 0.2) is 35.1 Å². The summed E-state index contributed by atoms with van der Waals surface area (Å²) in [5, 5.41) is 23.2. The van der Waals surface area contributed by atoms with Gasteiger partial charge in [-0.2, -0.15) is 0 Å². The Kier molecular flexibility index (Phi) is 4.19. The zero-order chi connectivity index (χ0) is 25.5. The van der Waals surface area contributed by atoms with Gasteiger partial charge in [0.2, 0.25) is 12.1 Å². The van der Waals surface area contributed by atoms with Crippen LogP contribution in [0.3, 0.4) is 0 Å². The molecule has 0 radical (unpaired) electrons. The van der Waals surface area contributed by atoms with Crippen LogP contribution in [0.1, 0.15) is 47.5 Å². The van der Waals surface area contributed by atoms with Crippen molar-refractivity contribution < 1.29 is 38.8 Å². The number of cyclic esters (lactones) is 1. The van der Waals surface area contributed by atoms with E-state index >= 15 is 0 Å². The number of methoxy groups -OCH3 is 1. The van der Waals surface area contributed by atoms with Crippen molar-refractivity contribution in [2.75, 3.05) is 7.11 Å². The van der Waals surface area contributed by atoms with Crippen LogP contribution in [0.5, 0.6) is 0 Å². The Bertz CT molecular complexity index is 1190. The molecule has 2 saturated carbocycles. The number of ether oxygens (including phenoxy) is 3. The molecule has 0 aromatic rings. The zero-order valence-electron chi connectivity index (χ0n) is 20.9. The number of carbonyl (C=O) groups excluding carboxylic acids is 3. The summed E-state index contributed by atoms with van der Waals surface area (Å²) in [5.41, 5.74) is -4.17. The number of aliphatic hydroxyl groups excluding tert-OH is 2. The fourth-order valence-electron chi connectivity index (χ4n) is 9.23. The van der Waals surface area contributed by atoms with Gasteiger partial charge in [-0.3, -0.25) is 9.59 Å². The Morgan fingerprint density at radius 1 is 1.11 bits per heavy atom. The highest BCUT2D eigenvalue weighted by Crippen LogP contribution is 2.80. The van der Waals surface area contributed by atoms with Gasteiger partial charge in [-0.1, -0.05) is 19.9 Å². The first-order valence-corrected chi connectivity index (χ1v) is 12.3. The van der Waals surface area contributed by atoms with Crippen LogP contribution in [0, 0.1) is 33.5 Å². The fourth-order valence-corrected chi connectivity index (χ4v) is 9.23. The van der Waals surface area contributed by atoms with Gasteiger partial charge in [0.15, 0.2) is 11.5 Å². The van der Waals surface area contributed by atoms with E-state index in [4.69, 9.17) is 14.2 Å². The molecule has 0 aromatic carbocycles. The highest BCUT2D eigenvalue weighted by molar-refractivity contribution is 6.06. The number of esters is 1. The van der Waals surface area contributed by atoms with Gasteiger partial charge in [0, 0.05) is 35.3 Å². The standard InChI is InChI=1S/C27H32O8/c1-23(2)15(29)7-8-24(3)19-14(28)11-25(4)13(12-9-17(33-6)34-22(12)32)10-16-27(25,35-16)26(19,5)21(31)18(30)20(23)24/h7-9,13-14,16-17,19,28,30H,10-11H2,1-6H3/t13-,14-,16+,17-,19+,24+,25-,26-,27+/m0/s1. The second-order valence-corrected chi connectivity index (χ2v) is 12.3. The highest BCUT2D eigenvalue weighted by Gasteiger charge is 2.88. The van der Waals surface area contributed by atoms with Crippen molar-refractivity contribution in [3.8, 4) is 0 Å². The van der Waals surface area contributed by atoms with E-state index in [0.717, 1.165) is 0 Å². The molecule has 2 N–H and O–H groups in total. The van der Waals surface area contributed by atoms with Gasteiger partial charge < -0.3 is 24.4 Å². The Hall–Kier alpha value is -2.29. The van der Waals surface area contributed by atoms with Crippen molar-refractivity contribution in [2.45, 2.75) is 71.6 Å². The van der Waals surface area contributed by atoms with Crippen molar-refractivity contribution >= 4 is 17.5 Å². The lowest BCUT2D eigenvalue weighted by Crippen LogP contribution is -2.70. The number of hydrogen-bond donors (Lipinski definition) is 2. The minimum atomic E-state index is -1.27. The lowest BCUT2D eigenvalue weighted by Gasteiger charge is -2.63. The number of Topliss-reactive ketones (excluding diaryl/α,β-unsaturated/α-hetero) is 1. The van der Waals surface area contributed by atoms with E-state index in [1.807, 2.05) is 13.8 Å². The number of carbonyl (C=O) groups is 3. The first-order valence-electron chi connectivity index (χ1n) is 12.3. The van der Waals surface area contributed by atoms with E-state index < -0.39 is 63.1 Å². The lowest BCUT2D eigenvalue weighted by molar-refractivity contribution is -0.190. The summed E-state index contributed by atoms with van der Waals surface area (Å²) in [6.45, 7) is 9.08. The minimum absolute atomic E-state index is 0.193. The van der Waals surface area contributed by atoms with Gasteiger partial charge in [0.05, 0.1) is 23.0 Å². The van der Waals surface area contributed by atoms with E-state index in [9.17, 15) is 24.6 Å². The number of fused-ring (bicyclic) bond motifs is 3. The van der Waals surface area contributed by atoms with Crippen molar-refractivity contribution in [1.29, 1.82) is 0 Å². The molecule has 0 amide bonds. The molecule has 2 heterocycles. The molecule has 6 aliphatic rings. The second kappa shape index (κ2) is 6.33. The molecular weight excluding hydrogens is 452 g/mol. The second-order valence-electron chi connectivity index (χ2n) is 12.3. The highest BCUT2D eigenvalue weighted by atomic mass is 16.7. The largest absolute Gasteiger partial charge is 0.504 e. The average Bonchev–Trinajstić information content (AvgIpc) is 3.31. The molecule has 0 bridgehead atoms. The summed E-state index contributed by atoms with van der Waals surface area (Å²) in [7, 11) is 1.46. The van der Waals surface area contributed by atoms with Gasteiger partial charge in [-0.05, 0) is 51.3 Å². The fraction of sp³-hybridized carbons (Fsp3) is 0.667. The molecule has 9 atom stereocenters. The normalized spacial score (nSPS) is 51.3. The lowest BCUT2D eigenvalue weighted by atomic mass is 9.38. The third kappa shape index (κ3) is 2.24. The molecule has 1 saturated heterocycles. The van der Waals surface area contributed by atoms with Gasteiger partial charge >= 0.3 is 5.97 Å². The molecule has 8 nitrogen and oxygen atoms in total. The molecule has 1 spiro atoms. The van der Waals surface area contributed by atoms with Crippen LogP contribution in [0.4, 0.5) is 0 Å². The smallest absolute Gasteiger partial charge is 0.336 e. The van der Waals surface area contributed by atoms with Crippen molar-refractivity contribution in [3.05, 3.63) is 35.1 Å². The molecular formula is C27H32O8. The predicted octanol–water partition coefficient (Wildman–Crippen LogP) is 2.56. The summed E-state index contributed by atoms with van der Waals surface area (Å²) in [5.74, 6) is -2.47. The third-order valence-corrected chi connectivity index (χ3v) is 10.5. The predicted molar refractivity (Wildman–Crippen MR) is 122 cm³/mol. The number of aliphatic hydroxyl groups is 2. The summed E-state index contributed by atoms with van der Waals surface area (Å²) in [6.07, 6.45) is 3.73. The maximum Gasteiger partial charge on any atom is 0.336 e. The van der Waals surface area contributed by atoms with E-state index in [1.165, 1.54) is 13.2 Å². The SMILES string of the molecule is CO[C@@H]1C=C([C@@H]2C[C@H]3O[C@@]34[C@@]2(C)C[C@H](O)[C@@H]2[C@@]3(C)C=CC(=O)C(C)(C)C3=C(O)C(=O)[C@]24C)C(=O)O1. The summed E-state index contributed by atoms with van der Waals surface area (Å²) >= 11 is 0. The molecule has 0 unspecified atom stereocenters. The average molecular weight is 485 g/mol. The number of epoxide rings is 1. The number of allylic oxidation sites excluding steroid dienone is 4. The number of rotatable bonds is 2. The van der Waals surface area contributed by atoms with E-state index in [0.29, 0.717) is 24.0 Å². The molecule has 2 aliphatic heterocycles. The molecule has 8 heteroatoms. The maximum absolute atomic E-state index is 14.2. The molecule has 6 rings (SSSR count). The van der Waals surface area contributed by atoms with Crippen molar-refractivity contribution in [1.82, 2.24) is 0 Å². The van der Waals surface area contributed by atoms with Crippen LogP contribution in [0.2, 0.25) is 0 Å². The molecule has 0 aromatic heterocycles. The Morgan fingerprint density at radius 3 is 2.43 bits per heavy atom. The molecule has 35 heavy (non-hydrogen) atoms. The van der Waals surface area contributed by atoms with Crippen LogP contribution < -0.4 is 0 Å². The monoisotopic (exact) mass is 484 g/mol. The molecule has 188 valence electrons. The van der Waals surface area contributed by atoms with Crippen molar-refractivity contribution in [2.24, 2.45) is 33.5 Å². The van der Waals surface area contributed by atoms with E-state index in [2.05, 4.69) is 0 Å². The van der Waals surface area contributed by atoms with Gasteiger partial charge in [0.1, 0.15) is 5.60 Å². The van der Waals surface area contributed by atoms with Gasteiger partial charge in [0.25, 0.3) is 0 Å². The summed E-state index contributed by atoms with van der Waals surface area (Å²) < 4.78 is 16.9. The first kappa shape index (κ1) is 23.1. The van der Waals surface area contributed by atoms with Crippen LogP contribution in [0.25, 0.3) is 0 Å². The zero-order valence-corrected chi connectivity index (χ0v) is 20.9. The minimum Gasteiger partial charge on any atom is -0.504 e. The maximum atomic E-state index is 14.2. The quantitative estimate of drug-likeness (QED) is 0.453. The number of ketones is 2. The number of hydrogen-bond acceptors (Lipinski definition) is 8. The Labute approximate surface area is 204 Å². The molecule has 4 aliphatic carbocycles. The van der Waals surface area contributed by atoms with Crippen LogP contribution in [-0.4, -0.2) is 59.0 Å². The topological polar surface area (TPSA) is 123 Å². The van der Waals surface area contributed by atoms with Gasteiger partial charge in [-0.25, -0.2) is 4.79 Å². The van der Waals surface area contributed by atoms with Gasteiger partial charge in [-0.15, -0.1) is 0 Å².